The Labute approximate surface area is 85.2 Å². The molecular weight excluding hydrogens is 174 g/mol. The molecule has 76 valence electrons. The molecule has 2 heteroatoms. The summed E-state index contributed by atoms with van der Waals surface area (Å²) in [5.74, 6) is 0. The van der Waals surface area contributed by atoms with Crippen LogP contribution in [0.15, 0.2) is 30.3 Å². The van der Waals surface area contributed by atoms with Crippen LogP contribution in [0.2, 0.25) is 0 Å². The van der Waals surface area contributed by atoms with Gasteiger partial charge >= 0.3 is 0 Å². The first-order valence-electron chi connectivity index (χ1n) is 5.29. The monoisotopic (exact) mass is 191 g/mol. The van der Waals surface area contributed by atoms with Crippen molar-refractivity contribution in [2.24, 2.45) is 0 Å². The standard InChI is InChI=1S/C12H17NO/c14-12-7-9-13(10-12)8-6-11-4-2-1-3-5-11/h1-5,12,14H,6-10H2/t12-/m0/s1. The average molecular weight is 191 g/mol. The minimum absolute atomic E-state index is 0.0919. The van der Waals surface area contributed by atoms with Crippen LogP contribution in [0.3, 0.4) is 0 Å². The first-order chi connectivity index (χ1) is 6.84. The minimum Gasteiger partial charge on any atom is -0.392 e. The van der Waals surface area contributed by atoms with Crippen molar-refractivity contribution >= 4 is 0 Å². The predicted molar refractivity (Wildman–Crippen MR) is 57.2 cm³/mol. The number of nitrogens with zero attached hydrogens (tertiary/aromatic N) is 1. The Morgan fingerprint density at radius 1 is 1.29 bits per heavy atom. The van der Waals surface area contributed by atoms with E-state index in [-0.39, 0.29) is 6.10 Å². The fourth-order valence-corrected chi connectivity index (χ4v) is 1.95. The molecule has 1 saturated heterocycles. The van der Waals surface area contributed by atoms with E-state index in [0.717, 1.165) is 32.5 Å². The SMILES string of the molecule is O[C@H]1CCN(CCc2ccccc2)C1. The number of benzene rings is 1. The zero-order valence-corrected chi connectivity index (χ0v) is 8.39. The maximum atomic E-state index is 9.36. The molecule has 1 aliphatic heterocycles. The summed E-state index contributed by atoms with van der Waals surface area (Å²) < 4.78 is 0. The van der Waals surface area contributed by atoms with Gasteiger partial charge in [-0.1, -0.05) is 30.3 Å². The lowest BCUT2D eigenvalue weighted by molar-refractivity contribution is 0.177. The highest BCUT2D eigenvalue weighted by Gasteiger charge is 2.19. The summed E-state index contributed by atoms with van der Waals surface area (Å²) in [4.78, 5) is 2.33. The lowest BCUT2D eigenvalue weighted by atomic mass is 10.1. The van der Waals surface area contributed by atoms with Crippen molar-refractivity contribution in [1.29, 1.82) is 0 Å². The van der Waals surface area contributed by atoms with Crippen molar-refractivity contribution in [2.45, 2.75) is 18.9 Å². The summed E-state index contributed by atoms with van der Waals surface area (Å²) in [6.07, 6.45) is 1.94. The Morgan fingerprint density at radius 3 is 2.71 bits per heavy atom. The third-order valence-electron chi connectivity index (χ3n) is 2.81. The van der Waals surface area contributed by atoms with Crippen molar-refractivity contribution in [3.63, 3.8) is 0 Å². The predicted octanol–water partition coefficient (Wildman–Crippen LogP) is 1.30. The van der Waals surface area contributed by atoms with E-state index in [1.54, 1.807) is 0 Å². The number of β-amino-alcohol motifs (C(OH)–C–C–N with tert-alkyl or cyclic N) is 1. The normalized spacial score (nSPS) is 22.8. The second kappa shape index (κ2) is 4.58. The summed E-state index contributed by atoms with van der Waals surface area (Å²) in [5, 5.41) is 9.36. The van der Waals surface area contributed by atoms with E-state index in [9.17, 15) is 5.11 Å². The highest BCUT2D eigenvalue weighted by molar-refractivity contribution is 5.14. The van der Waals surface area contributed by atoms with Gasteiger partial charge in [-0.25, -0.2) is 0 Å². The molecule has 0 spiro atoms. The van der Waals surface area contributed by atoms with E-state index in [1.165, 1.54) is 5.56 Å². The van der Waals surface area contributed by atoms with Crippen LogP contribution in [-0.4, -0.2) is 35.7 Å². The maximum Gasteiger partial charge on any atom is 0.0679 e. The molecule has 1 heterocycles. The number of rotatable bonds is 3. The van der Waals surface area contributed by atoms with Crippen molar-refractivity contribution in [2.75, 3.05) is 19.6 Å². The van der Waals surface area contributed by atoms with Gasteiger partial charge in [0, 0.05) is 19.6 Å². The van der Waals surface area contributed by atoms with E-state index in [0.29, 0.717) is 0 Å². The molecule has 1 N–H and O–H groups in total. The smallest absolute Gasteiger partial charge is 0.0679 e. The Kier molecular flexibility index (Phi) is 3.17. The summed E-state index contributed by atoms with van der Waals surface area (Å²) >= 11 is 0. The Balaban J connectivity index is 1.78. The van der Waals surface area contributed by atoms with Gasteiger partial charge in [-0.15, -0.1) is 0 Å². The molecule has 0 bridgehead atoms. The van der Waals surface area contributed by atoms with Crippen LogP contribution < -0.4 is 0 Å². The molecule has 2 rings (SSSR count). The summed E-state index contributed by atoms with van der Waals surface area (Å²) in [6, 6.07) is 10.5. The topological polar surface area (TPSA) is 23.5 Å². The van der Waals surface area contributed by atoms with Crippen LogP contribution >= 0.6 is 0 Å². The summed E-state index contributed by atoms with van der Waals surface area (Å²) in [5.41, 5.74) is 1.38. The fourth-order valence-electron chi connectivity index (χ4n) is 1.95. The zero-order valence-electron chi connectivity index (χ0n) is 8.39. The Morgan fingerprint density at radius 2 is 2.07 bits per heavy atom. The first kappa shape index (κ1) is 9.69. The number of aliphatic hydroxyl groups excluding tert-OH is 1. The van der Waals surface area contributed by atoms with Gasteiger partial charge in [-0.05, 0) is 18.4 Å². The van der Waals surface area contributed by atoms with Gasteiger partial charge < -0.3 is 10.0 Å². The van der Waals surface area contributed by atoms with Crippen LogP contribution in [0.25, 0.3) is 0 Å². The van der Waals surface area contributed by atoms with Gasteiger partial charge in [0.15, 0.2) is 0 Å². The largest absolute Gasteiger partial charge is 0.392 e. The van der Waals surface area contributed by atoms with Crippen LogP contribution in [0.4, 0.5) is 0 Å². The van der Waals surface area contributed by atoms with Crippen LogP contribution in [-0.2, 0) is 6.42 Å². The summed E-state index contributed by atoms with van der Waals surface area (Å²) in [6.45, 7) is 2.97. The molecule has 1 aliphatic rings. The van der Waals surface area contributed by atoms with Gasteiger partial charge in [0.05, 0.1) is 6.10 Å². The maximum absolute atomic E-state index is 9.36. The molecule has 1 aromatic carbocycles. The molecule has 0 amide bonds. The molecule has 0 saturated carbocycles. The molecule has 0 aliphatic carbocycles. The fraction of sp³-hybridized carbons (Fsp3) is 0.500. The van der Waals surface area contributed by atoms with E-state index in [4.69, 9.17) is 0 Å². The second-order valence-corrected chi connectivity index (χ2v) is 3.98. The third kappa shape index (κ3) is 2.56. The molecular formula is C12H17NO. The lowest BCUT2D eigenvalue weighted by Gasteiger charge is -2.14. The van der Waals surface area contributed by atoms with Gasteiger partial charge in [-0.2, -0.15) is 0 Å². The molecule has 1 fully saturated rings. The number of aliphatic hydroxyl groups is 1. The van der Waals surface area contributed by atoms with Crippen LogP contribution in [0.5, 0.6) is 0 Å². The Bertz CT molecular complexity index is 273. The molecule has 2 nitrogen and oxygen atoms in total. The highest BCUT2D eigenvalue weighted by Crippen LogP contribution is 2.09. The molecule has 14 heavy (non-hydrogen) atoms. The van der Waals surface area contributed by atoms with E-state index >= 15 is 0 Å². The van der Waals surface area contributed by atoms with Crippen LogP contribution in [0.1, 0.15) is 12.0 Å². The first-order valence-corrected chi connectivity index (χ1v) is 5.29. The minimum atomic E-state index is -0.0919. The Hall–Kier alpha value is -0.860. The van der Waals surface area contributed by atoms with Crippen molar-refractivity contribution in [3.05, 3.63) is 35.9 Å². The van der Waals surface area contributed by atoms with E-state index in [2.05, 4.69) is 29.2 Å². The van der Waals surface area contributed by atoms with Crippen LogP contribution in [0, 0.1) is 0 Å². The van der Waals surface area contributed by atoms with E-state index in [1.807, 2.05) is 6.07 Å². The van der Waals surface area contributed by atoms with E-state index < -0.39 is 0 Å². The zero-order chi connectivity index (χ0) is 9.80. The number of hydrogen-bond acceptors (Lipinski definition) is 2. The molecule has 0 radical (unpaired) electrons. The quantitative estimate of drug-likeness (QED) is 0.778. The number of likely N-dealkylation sites (tertiary alicyclic amines) is 1. The average Bonchev–Trinajstić information content (AvgIpc) is 2.63. The lowest BCUT2D eigenvalue weighted by Crippen LogP contribution is -2.24. The number of hydrogen-bond donors (Lipinski definition) is 1. The second-order valence-electron chi connectivity index (χ2n) is 3.98. The highest BCUT2D eigenvalue weighted by atomic mass is 16.3. The molecule has 1 aromatic rings. The van der Waals surface area contributed by atoms with Crippen molar-refractivity contribution < 1.29 is 5.11 Å². The van der Waals surface area contributed by atoms with Gasteiger partial charge in [0.2, 0.25) is 0 Å². The van der Waals surface area contributed by atoms with Crippen molar-refractivity contribution in [1.82, 2.24) is 4.90 Å². The van der Waals surface area contributed by atoms with Gasteiger partial charge in [-0.3, -0.25) is 0 Å². The molecule has 1 atom stereocenters. The van der Waals surface area contributed by atoms with Gasteiger partial charge in [0.1, 0.15) is 0 Å². The molecule has 0 aromatic heterocycles. The summed E-state index contributed by atoms with van der Waals surface area (Å²) in [7, 11) is 0. The van der Waals surface area contributed by atoms with Crippen molar-refractivity contribution in [3.8, 4) is 0 Å². The third-order valence-corrected chi connectivity index (χ3v) is 2.81. The van der Waals surface area contributed by atoms with Gasteiger partial charge in [0.25, 0.3) is 0 Å². The molecule has 0 unspecified atom stereocenters.